The second-order valence-electron chi connectivity index (χ2n) is 3.66. The van der Waals surface area contributed by atoms with Crippen molar-refractivity contribution < 1.29 is 14.6 Å². The Hall–Kier alpha value is -1.85. The quantitative estimate of drug-likeness (QED) is 0.937. The molecule has 1 heterocycles. The lowest BCUT2D eigenvalue weighted by atomic mass is 10.2. The zero-order valence-corrected chi connectivity index (χ0v) is 11.2. The summed E-state index contributed by atoms with van der Waals surface area (Å²) in [4.78, 5) is 18.6. The van der Waals surface area contributed by atoms with Gasteiger partial charge in [-0.15, -0.1) is 0 Å². The molecular formula is C12H8Cl2N2O3. The summed E-state index contributed by atoms with van der Waals surface area (Å²) in [7, 11) is 0. The van der Waals surface area contributed by atoms with Gasteiger partial charge in [0.1, 0.15) is 5.75 Å². The maximum Gasteiger partial charge on any atom is 0.339 e. The molecule has 5 nitrogen and oxygen atoms in total. The van der Waals surface area contributed by atoms with Gasteiger partial charge in [-0.3, -0.25) is 0 Å². The summed E-state index contributed by atoms with van der Waals surface area (Å²) in [6, 6.07) is 4.70. The molecule has 0 aliphatic rings. The van der Waals surface area contributed by atoms with Crippen molar-refractivity contribution in [3.8, 4) is 11.8 Å². The van der Waals surface area contributed by atoms with E-state index in [1.165, 1.54) is 6.20 Å². The zero-order valence-electron chi connectivity index (χ0n) is 9.72. The predicted octanol–water partition coefficient (Wildman–Crippen LogP) is 3.58. The number of rotatable bonds is 3. The highest BCUT2D eigenvalue weighted by atomic mass is 35.5. The summed E-state index contributed by atoms with van der Waals surface area (Å²) >= 11 is 11.7. The van der Waals surface area contributed by atoms with Gasteiger partial charge < -0.3 is 9.84 Å². The van der Waals surface area contributed by atoms with Gasteiger partial charge in [-0.1, -0.05) is 23.2 Å². The van der Waals surface area contributed by atoms with Gasteiger partial charge in [0.2, 0.25) is 0 Å². The first-order valence-corrected chi connectivity index (χ1v) is 5.92. The van der Waals surface area contributed by atoms with E-state index in [4.69, 9.17) is 33.0 Å². The fourth-order valence-corrected chi connectivity index (χ4v) is 1.90. The Morgan fingerprint density at radius 1 is 1.26 bits per heavy atom. The average Bonchev–Trinajstić information content (AvgIpc) is 2.26. The molecule has 19 heavy (non-hydrogen) atoms. The fourth-order valence-electron chi connectivity index (χ4n) is 1.40. The standard InChI is InChI=1S/C12H8Cl2N2O3/c1-6-10(11(17)18)5-15-12(16-6)19-9-3-7(13)2-8(14)4-9/h2-5H,1H3,(H,17,18). The van der Waals surface area contributed by atoms with Gasteiger partial charge in [-0.05, 0) is 25.1 Å². The third-order valence-corrected chi connectivity index (χ3v) is 2.67. The molecule has 2 aromatic rings. The van der Waals surface area contributed by atoms with Gasteiger partial charge in [0.05, 0.1) is 11.3 Å². The molecule has 0 atom stereocenters. The number of aryl methyl sites for hydroxylation is 1. The Labute approximate surface area is 118 Å². The van der Waals surface area contributed by atoms with Crippen LogP contribution in [0.4, 0.5) is 0 Å². The van der Waals surface area contributed by atoms with Crippen molar-refractivity contribution in [2.75, 3.05) is 0 Å². The molecule has 7 heteroatoms. The molecule has 0 bridgehead atoms. The lowest BCUT2D eigenvalue weighted by Gasteiger charge is -2.06. The maximum atomic E-state index is 10.8. The van der Waals surface area contributed by atoms with E-state index in [-0.39, 0.29) is 11.6 Å². The summed E-state index contributed by atoms with van der Waals surface area (Å²) in [6.07, 6.45) is 1.19. The number of hydrogen-bond donors (Lipinski definition) is 1. The normalized spacial score (nSPS) is 10.3. The third-order valence-electron chi connectivity index (χ3n) is 2.23. The van der Waals surface area contributed by atoms with E-state index in [1.54, 1.807) is 25.1 Å². The van der Waals surface area contributed by atoms with Gasteiger partial charge in [0.25, 0.3) is 0 Å². The third kappa shape index (κ3) is 3.33. The van der Waals surface area contributed by atoms with Crippen LogP contribution in [0, 0.1) is 6.92 Å². The van der Waals surface area contributed by atoms with Crippen molar-refractivity contribution in [1.82, 2.24) is 9.97 Å². The minimum atomic E-state index is -1.09. The number of benzene rings is 1. The lowest BCUT2D eigenvalue weighted by molar-refractivity contribution is 0.0695. The second-order valence-corrected chi connectivity index (χ2v) is 4.54. The summed E-state index contributed by atoms with van der Waals surface area (Å²) in [5.74, 6) is -0.713. The molecule has 2 rings (SSSR count). The molecule has 0 fully saturated rings. The van der Waals surface area contributed by atoms with Crippen molar-refractivity contribution in [2.24, 2.45) is 0 Å². The van der Waals surface area contributed by atoms with Crippen molar-refractivity contribution in [2.45, 2.75) is 6.92 Å². The van der Waals surface area contributed by atoms with Gasteiger partial charge in [-0.25, -0.2) is 9.78 Å². The van der Waals surface area contributed by atoms with Crippen LogP contribution in [0.1, 0.15) is 16.1 Å². The molecule has 98 valence electrons. The van der Waals surface area contributed by atoms with Crippen LogP contribution in [0.25, 0.3) is 0 Å². The molecule has 1 N–H and O–H groups in total. The van der Waals surface area contributed by atoms with Crippen LogP contribution in [0.3, 0.4) is 0 Å². The molecule has 0 saturated carbocycles. The van der Waals surface area contributed by atoms with E-state index >= 15 is 0 Å². The first kappa shape index (κ1) is 13.6. The van der Waals surface area contributed by atoms with Crippen molar-refractivity contribution in [1.29, 1.82) is 0 Å². The van der Waals surface area contributed by atoms with Crippen LogP contribution in [0.15, 0.2) is 24.4 Å². The molecule has 0 radical (unpaired) electrons. The Bertz CT molecular complexity index is 627. The molecule has 1 aromatic heterocycles. The first-order chi connectivity index (χ1) is 8.95. The van der Waals surface area contributed by atoms with E-state index in [1.807, 2.05) is 0 Å². The number of ether oxygens (including phenoxy) is 1. The molecule has 0 spiro atoms. The highest BCUT2D eigenvalue weighted by Gasteiger charge is 2.11. The van der Waals surface area contributed by atoms with Gasteiger partial charge in [0, 0.05) is 16.2 Å². The van der Waals surface area contributed by atoms with Gasteiger partial charge in [0.15, 0.2) is 0 Å². The monoisotopic (exact) mass is 298 g/mol. The Morgan fingerprint density at radius 3 is 2.42 bits per heavy atom. The van der Waals surface area contributed by atoms with Crippen LogP contribution >= 0.6 is 23.2 Å². The Morgan fingerprint density at radius 2 is 1.89 bits per heavy atom. The summed E-state index contributed by atoms with van der Waals surface area (Å²) < 4.78 is 5.37. The topological polar surface area (TPSA) is 72.3 Å². The summed E-state index contributed by atoms with van der Waals surface area (Å²) in [5, 5.41) is 9.70. The largest absolute Gasteiger partial charge is 0.478 e. The number of nitrogens with zero attached hydrogens (tertiary/aromatic N) is 2. The molecule has 0 unspecified atom stereocenters. The minimum Gasteiger partial charge on any atom is -0.478 e. The van der Waals surface area contributed by atoms with Crippen molar-refractivity contribution in [3.63, 3.8) is 0 Å². The second kappa shape index (κ2) is 5.42. The molecular weight excluding hydrogens is 291 g/mol. The zero-order chi connectivity index (χ0) is 14.0. The number of carboxylic acid groups (broad SMARTS) is 1. The highest BCUT2D eigenvalue weighted by Crippen LogP contribution is 2.27. The minimum absolute atomic E-state index is 0.0245. The van der Waals surface area contributed by atoms with Crippen LogP contribution < -0.4 is 4.74 Å². The lowest BCUT2D eigenvalue weighted by Crippen LogP contribution is -2.04. The van der Waals surface area contributed by atoms with E-state index in [0.29, 0.717) is 21.5 Å². The van der Waals surface area contributed by atoms with Gasteiger partial charge >= 0.3 is 12.0 Å². The van der Waals surface area contributed by atoms with Crippen molar-refractivity contribution in [3.05, 3.63) is 45.7 Å². The highest BCUT2D eigenvalue weighted by molar-refractivity contribution is 6.34. The van der Waals surface area contributed by atoms with E-state index in [2.05, 4.69) is 9.97 Å². The van der Waals surface area contributed by atoms with Crippen molar-refractivity contribution >= 4 is 29.2 Å². The molecule has 0 aliphatic heterocycles. The number of hydrogen-bond acceptors (Lipinski definition) is 4. The number of aromatic carboxylic acids is 1. The Balaban J connectivity index is 2.28. The first-order valence-electron chi connectivity index (χ1n) is 5.16. The molecule has 1 aromatic carbocycles. The fraction of sp³-hybridized carbons (Fsp3) is 0.0833. The molecule has 0 amide bonds. The van der Waals surface area contributed by atoms with E-state index in [9.17, 15) is 4.79 Å². The SMILES string of the molecule is Cc1nc(Oc2cc(Cl)cc(Cl)c2)ncc1C(=O)O. The predicted molar refractivity (Wildman–Crippen MR) is 70.3 cm³/mol. The number of carboxylic acids is 1. The molecule has 0 saturated heterocycles. The smallest absolute Gasteiger partial charge is 0.339 e. The van der Waals surface area contributed by atoms with Crippen LogP contribution in [0.2, 0.25) is 10.0 Å². The number of aromatic nitrogens is 2. The van der Waals surface area contributed by atoms with Gasteiger partial charge in [-0.2, -0.15) is 4.98 Å². The van der Waals surface area contributed by atoms with Crippen LogP contribution in [-0.2, 0) is 0 Å². The van der Waals surface area contributed by atoms with E-state index in [0.717, 1.165) is 0 Å². The summed E-state index contributed by atoms with van der Waals surface area (Å²) in [5.41, 5.74) is 0.335. The maximum absolute atomic E-state index is 10.8. The van der Waals surface area contributed by atoms with Crippen LogP contribution in [-0.4, -0.2) is 21.0 Å². The number of halogens is 2. The van der Waals surface area contributed by atoms with Crippen LogP contribution in [0.5, 0.6) is 11.8 Å². The number of carbonyl (C=O) groups is 1. The summed E-state index contributed by atoms with van der Waals surface area (Å²) in [6.45, 7) is 1.56. The molecule has 0 aliphatic carbocycles. The average molecular weight is 299 g/mol. The van der Waals surface area contributed by atoms with E-state index < -0.39 is 5.97 Å². The Kier molecular flexibility index (Phi) is 3.87.